The Morgan fingerprint density at radius 2 is 1.00 bits per heavy atom. The molecule has 4 unspecified atom stereocenters. The fourth-order valence-electron chi connectivity index (χ4n) is 2.53. The first-order valence-electron chi connectivity index (χ1n) is 8.47. The molecule has 2 amide bonds. The topological polar surface area (TPSA) is 98.7 Å². The summed E-state index contributed by atoms with van der Waals surface area (Å²) in [5.74, 6) is -1.62. The maximum absolute atomic E-state index is 12.1. The van der Waals surface area contributed by atoms with Gasteiger partial charge in [0.05, 0.1) is 12.1 Å². The fraction of sp³-hybridized carbons (Fsp3) is 0.300. The van der Waals surface area contributed by atoms with E-state index in [1.165, 1.54) is 0 Å². The summed E-state index contributed by atoms with van der Waals surface area (Å²) in [5.41, 5.74) is 1.70. The predicted molar refractivity (Wildman–Crippen MR) is 98.0 cm³/mol. The van der Waals surface area contributed by atoms with Crippen molar-refractivity contribution in [3.8, 4) is 0 Å². The quantitative estimate of drug-likeness (QED) is 0.604. The Labute approximate surface area is 152 Å². The molecule has 6 nitrogen and oxygen atoms in total. The molecule has 0 radical (unpaired) electrons. The Kier molecular flexibility index (Phi) is 6.89. The van der Waals surface area contributed by atoms with Crippen molar-refractivity contribution in [1.82, 2.24) is 10.6 Å². The Bertz CT molecular complexity index is 658. The van der Waals surface area contributed by atoms with Crippen LogP contribution in [-0.2, 0) is 9.59 Å². The zero-order valence-electron chi connectivity index (χ0n) is 14.8. The largest absolute Gasteiger partial charge is 0.380 e. The molecular weight excluding hydrogens is 332 g/mol. The zero-order chi connectivity index (χ0) is 19.1. The number of hydrogen-bond acceptors (Lipinski definition) is 4. The van der Waals surface area contributed by atoms with Crippen LogP contribution in [-0.4, -0.2) is 34.2 Å². The lowest BCUT2D eigenvalue weighted by atomic mass is 10.1. The summed E-state index contributed by atoms with van der Waals surface area (Å²) >= 11 is 0. The van der Waals surface area contributed by atoms with Crippen molar-refractivity contribution in [3.05, 3.63) is 71.8 Å². The summed E-state index contributed by atoms with van der Waals surface area (Å²) in [6, 6.07) is 17.7. The van der Waals surface area contributed by atoms with E-state index in [-0.39, 0.29) is 12.1 Å². The van der Waals surface area contributed by atoms with Crippen molar-refractivity contribution in [2.45, 2.75) is 38.1 Å². The number of hydrogen-bond donors (Lipinski definition) is 4. The van der Waals surface area contributed by atoms with E-state index in [4.69, 9.17) is 0 Å². The van der Waals surface area contributed by atoms with Crippen LogP contribution in [0.2, 0.25) is 0 Å². The van der Waals surface area contributed by atoms with Crippen LogP contribution < -0.4 is 10.6 Å². The van der Waals surface area contributed by atoms with E-state index in [1.807, 2.05) is 60.7 Å². The van der Waals surface area contributed by atoms with Gasteiger partial charge in [-0.1, -0.05) is 60.7 Å². The average Bonchev–Trinajstić information content (AvgIpc) is 2.67. The summed E-state index contributed by atoms with van der Waals surface area (Å²) in [6.07, 6.45) is -3.71. The highest BCUT2D eigenvalue weighted by molar-refractivity contribution is 5.91. The van der Waals surface area contributed by atoms with Crippen molar-refractivity contribution in [1.29, 1.82) is 0 Å². The number of aliphatic hydroxyl groups excluding tert-OH is 2. The number of amides is 2. The van der Waals surface area contributed by atoms with Crippen LogP contribution in [0.25, 0.3) is 0 Å². The third-order valence-electron chi connectivity index (χ3n) is 4.15. The summed E-state index contributed by atoms with van der Waals surface area (Å²) in [4.78, 5) is 24.3. The first kappa shape index (κ1) is 19.6. The summed E-state index contributed by atoms with van der Waals surface area (Å²) in [5, 5.41) is 25.2. The molecule has 0 saturated heterocycles. The minimum absolute atomic E-state index is 0.364. The number of aliphatic hydroxyl groups is 2. The third-order valence-corrected chi connectivity index (χ3v) is 4.15. The molecule has 2 rings (SSSR count). The maximum atomic E-state index is 12.1. The Morgan fingerprint density at radius 1 is 0.692 bits per heavy atom. The van der Waals surface area contributed by atoms with Gasteiger partial charge in [-0.2, -0.15) is 0 Å². The molecule has 26 heavy (non-hydrogen) atoms. The van der Waals surface area contributed by atoms with E-state index < -0.39 is 24.0 Å². The first-order chi connectivity index (χ1) is 12.4. The molecule has 0 bridgehead atoms. The Morgan fingerprint density at radius 3 is 1.31 bits per heavy atom. The van der Waals surface area contributed by atoms with Crippen LogP contribution in [0, 0.1) is 0 Å². The third kappa shape index (κ3) is 5.15. The van der Waals surface area contributed by atoms with Gasteiger partial charge in [0.1, 0.15) is 0 Å². The van der Waals surface area contributed by atoms with E-state index in [1.54, 1.807) is 13.8 Å². The van der Waals surface area contributed by atoms with Gasteiger partial charge in [-0.25, -0.2) is 0 Å². The van der Waals surface area contributed by atoms with Gasteiger partial charge in [0.25, 0.3) is 11.8 Å². The number of carbonyl (C=O) groups is 2. The van der Waals surface area contributed by atoms with Gasteiger partial charge in [0.2, 0.25) is 0 Å². The molecule has 0 fully saturated rings. The molecule has 138 valence electrons. The van der Waals surface area contributed by atoms with Crippen LogP contribution in [0.4, 0.5) is 0 Å². The average molecular weight is 356 g/mol. The molecule has 0 heterocycles. The molecule has 4 N–H and O–H groups in total. The van der Waals surface area contributed by atoms with Gasteiger partial charge in [-0.15, -0.1) is 0 Å². The van der Waals surface area contributed by atoms with Gasteiger partial charge in [-0.3, -0.25) is 9.59 Å². The predicted octanol–water partition coefficient (Wildman–Crippen LogP) is 1.46. The molecule has 2 aromatic rings. The Hall–Kier alpha value is -2.70. The lowest BCUT2D eigenvalue weighted by Gasteiger charge is -2.22. The number of benzene rings is 2. The van der Waals surface area contributed by atoms with Crippen LogP contribution in [0.3, 0.4) is 0 Å². The molecule has 0 aliphatic carbocycles. The van der Waals surface area contributed by atoms with Crippen LogP contribution in [0.5, 0.6) is 0 Å². The second-order valence-electron chi connectivity index (χ2n) is 6.17. The number of carbonyl (C=O) groups excluding carboxylic acids is 2. The number of nitrogens with one attached hydrogen (secondary N) is 2. The van der Waals surface area contributed by atoms with Gasteiger partial charge >= 0.3 is 0 Å². The zero-order valence-corrected chi connectivity index (χ0v) is 14.8. The van der Waals surface area contributed by atoms with Gasteiger partial charge in [-0.05, 0) is 25.0 Å². The molecule has 0 saturated carbocycles. The van der Waals surface area contributed by atoms with Crippen molar-refractivity contribution in [2.24, 2.45) is 0 Å². The molecule has 2 aromatic carbocycles. The maximum Gasteiger partial charge on any atom is 0.252 e. The summed E-state index contributed by atoms with van der Waals surface area (Å²) < 4.78 is 0. The van der Waals surface area contributed by atoms with E-state index in [2.05, 4.69) is 10.6 Å². The van der Waals surface area contributed by atoms with E-state index in [9.17, 15) is 19.8 Å². The molecule has 6 heteroatoms. The smallest absolute Gasteiger partial charge is 0.252 e. The minimum Gasteiger partial charge on any atom is -0.380 e. The first-order valence-corrected chi connectivity index (χ1v) is 8.47. The molecule has 0 aliphatic heterocycles. The second kappa shape index (κ2) is 9.12. The van der Waals surface area contributed by atoms with Crippen molar-refractivity contribution >= 4 is 11.8 Å². The van der Waals surface area contributed by atoms with Gasteiger partial charge in [0, 0.05) is 0 Å². The van der Waals surface area contributed by atoms with Crippen LogP contribution in [0.15, 0.2) is 60.7 Å². The molecular formula is C20H24N2O4. The highest BCUT2D eigenvalue weighted by atomic mass is 16.3. The Balaban J connectivity index is 1.91. The van der Waals surface area contributed by atoms with Gasteiger partial charge < -0.3 is 20.8 Å². The van der Waals surface area contributed by atoms with Crippen molar-refractivity contribution in [3.63, 3.8) is 0 Å². The van der Waals surface area contributed by atoms with Crippen LogP contribution >= 0.6 is 0 Å². The van der Waals surface area contributed by atoms with Gasteiger partial charge in [0.15, 0.2) is 12.2 Å². The van der Waals surface area contributed by atoms with E-state index >= 15 is 0 Å². The highest BCUT2D eigenvalue weighted by Crippen LogP contribution is 2.13. The second-order valence-corrected chi connectivity index (χ2v) is 6.17. The summed E-state index contributed by atoms with van der Waals surface area (Å²) in [7, 11) is 0. The number of rotatable bonds is 7. The minimum atomic E-state index is -1.86. The lowest BCUT2D eigenvalue weighted by molar-refractivity contribution is -0.146. The molecule has 0 aliphatic rings. The van der Waals surface area contributed by atoms with Crippen molar-refractivity contribution in [2.75, 3.05) is 0 Å². The van der Waals surface area contributed by atoms with E-state index in [0.29, 0.717) is 0 Å². The van der Waals surface area contributed by atoms with Crippen LogP contribution in [0.1, 0.15) is 37.1 Å². The molecule has 4 atom stereocenters. The lowest BCUT2D eigenvalue weighted by Crippen LogP contribution is -2.50. The fourth-order valence-corrected chi connectivity index (χ4v) is 2.53. The van der Waals surface area contributed by atoms with Crippen molar-refractivity contribution < 1.29 is 19.8 Å². The highest BCUT2D eigenvalue weighted by Gasteiger charge is 2.31. The summed E-state index contributed by atoms with van der Waals surface area (Å²) in [6.45, 7) is 3.51. The molecule has 0 spiro atoms. The SMILES string of the molecule is CC(NC(=O)C(O)C(O)C(=O)NC(C)c1ccccc1)c1ccccc1. The monoisotopic (exact) mass is 356 g/mol. The normalized spacial score (nSPS) is 15.4. The van der Waals surface area contributed by atoms with E-state index in [0.717, 1.165) is 11.1 Å². The standard InChI is InChI=1S/C20H24N2O4/c1-13(15-9-5-3-6-10-15)21-19(25)17(23)18(24)20(26)22-14(2)16-11-7-4-8-12-16/h3-14,17-18,23-24H,1-2H3,(H,21,25)(H,22,26). The molecule has 0 aromatic heterocycles.